The fraction of sp³-hybridized carbons (Fsp3) is 0. The van der Waals surface area contributed by atoms with Gasteiger partial charge in [0.25, 0.3) is 0 Å². The van der Waals surface area contributed by atoms with E-state index in [0.717, 1.165) is 6.08 Å². The second-order valence-corrected chi connectivity index (χ2v) is 1.01. The third kappa shape index (κ3) is 13700. The summed E-state index contributed by atoms with van der Waals surface area (Å²) in [5, 5.41) is 0. The summed E-state index contributed by atoms with van der Waals surface area (Å²) < 4.78 is 0. The van der Waals surface area contributed by atoms with Crippen LogP contribution in [0, 0.1) is 0 Å². The Morgan fingerprint density at radius 1 is 1.09 bits per heavy atom. The molecule has 6 N–H and O–H groups in total. The lowest BCUT2D eigenvalue weighted by atomic mass is 10.6. The molecule has 6 nitrogen and oxygen atoms in total. The molecular formula is C5H11N3O3. The molecule has 0 rings (SSSR count). The van der Waals surface area contributed by atoms with Gasteiger partial charge < -0.3 is 22.0 Å². The van der Waals surface area contributed by atoms with E-state index in [1.807, 2.05) is 6.79 Å². The van der Waals surface area contributed by atoms with E-state index in [1.165, 1.54) is 0 Å². The van der Waals surface area contributed by atoms with Gasteiger partial charge in [0.15, 0.2) is 0 Å². The van der Waals surface area contributed by atoms with Crippen LogP contribution in [0.3, 0.4) is 0 Å². The van der Waals surface area contributed by atoms with Crippen molar-refractivity contribution in [2.24, 2.45) is 17.2 Å². The van der Waals surface area contributed by atoms with Crippen molar-refractivity contribution in [3.63, 3.8) is 0 Å². The van der Waals surface area contributed by atoms with E-state index in [0.29, 0.717) is 0 Å². The number of hydrogen-bond donors (Lipinski definition) is 3. The van der Waals surface area contributed by atoms with E-state index in [-0.39, 0.29) is 0 Å². The SMILES string of the molecule is C=CC(N)=O.C=O.NC(N)=O. The van der Waals surface area contributed by atoms with Gasteiger partial charge >= 0.3 is 6.03 Å². The molecule has 0 heterocycles. The Morgan fingerprint density at radius 3 is 1.18 bits per heavy atom. The van der Waals surface area contributed by atoms with Crippen LogP contribution in [0.25, 0.3) is 0 Å². The van der Waals surface area contributed by atoms with Crippen LogP contribution in [0.1, 0.15) is 0 Å². The number of carbonyl (C=O) groups is 3. The summed E-state index contributed by atoms with van der Waals surface area (Å²) in [7, 11) is 0. The Hall–Kier alpha value is -1.85. The average molecular weight is 161 g/mol. The summed E-state index contributed by atoms with van der Waals surface area (Å²) in [6.07, 6.45) is 1.06. The zero-order valence-electron chi connectivity index (χ0n) is 5.95. The molecule has 0 aromatic carbocycles. The molecule has 0 aromatic rings. The van der Waals surface area contributed by atoms with Crippen LogP contribution in [0.15, 0.2) is 12.7 Å². The fourth-order valence-electron chi connectivity index (χ4n) is 0. The summed E-state index contributed by atoms with van der Waals surface area (Å²) in [6.45, 7) is 5.09. The molecule has 0 fully saturated rings. The first kappa shape index (κ1) is 16.1. The predicted octanol–water partition coefficient (Wildman–Crippen LogP) is -1.50. The molecular weight excluding hydrogens is 150 g/mol. The van der Waals surface area contributed by atoms with E-state index in [4.69, 9.17) is 9.59 Å². The molecule has 0 saturated carbocycles. The van der Waals surface area contributed by atoms with Gasteiger partial charge in [0, 0.05) is 0 Å². The molecule has 3 amide bonds. The van der Waals surface area contributed by atoms with Gasteiger partial charge in [0.1, 0.15) is 6.79 Å². The normalized spacial score (nSPS) is 5.45. The molecule has 0 radical (unpaired) electrons. The maximum Gasteiger partial charge on any atom is 0.309 e. The highest BCUT2D eigenvalue weighted by atomic mass is 16.2. The smallest absolute Gasteiger partial charge is 0.309 e. The molecule has 0 saturated heterocycles. The summed E-state index contributed by atoms with van der Waals surface area (Å²) in [6, 6.07) is -0.833. The lowest BCUT2D eigenvalue weighted by Gasteiger charge is -1.65. The van der Waals surface area contributed by atoms with Crippen LogP contribution in [-0.2, 0) is 9.59 Å². The van der Waals surface area contributed by atoms with Gasteiger partial charge in [-0.3, -0.25) is 4.79 Å². The molecule has 0 aliphatic rings. The van der Waals surface area contributed by atoms with E-state index in [9.17, 15) is 4.79 Å². The fourth-order valence-corrected chi connectivity index (χ4v) is 0. The first-order valence-electron chi connectivity index (χ1n) is 2.26. The van der Waals surface area contributed by atoms with Gasteiger partial charge in [-0.25, -0.2) is 4.79 Å². The standard InChI is InChI=1S/C3H5NO.CH4N2O.CH2O/c1-2-3(4)5;2-1(3)4;1-2/h2H,1H2,(H2,4,5);(H4,2,3,4);1H2. The summed E-state index contributed by atoms with van der Waals surface area (Å²) in [4.78, 5) is 26.5. The molecule has 64 valence electrons. The van der Waals surface area contributed by atoms with Gasteiger partial charge in [0.05, 0.1) is 0 Å². The number of urea groups is 1. The summed E-state index contributed by atoms with van der Waals surface area (Å²) in [5.74, 6) is -0.481. The minimum Gasteiger partial charge on any atom is -0.366 e. The number of rotatable bonds is 1. The van der Waals surface area contributed by atoms with Crippen molar-refractivity contribution < 1.29 is 14.4 Å². The zero-order valence-corrected chi connectivity index (χ0v) is 5.95. The van der Waals surface area contributed by atoms with Gasteiger partial charge in [-0.15, -0.1) is 0 Å². The first-order valence-corrected chi connectivity index (χ1v) is 2.26. The largest absolute Gasteiger partial charge is 0.366 e. The van der Waals surface area contributed by atoms with Crippen molar-refractivity contribution in [1.82, 2.24) is 0 Å². The lowest BCUT2D eigenvalue weighted by Crippen LogP contribution is -2.18. The van der Waals surface area contributed by atoms with Gasteiger partial charge in [-0.05, 0) is 6.08 Å². The Balaban J connectivity index is -0.0000000965. The predicted molar refractivity (Wildman–Crippen MR) is 40.3 cm³/mol. The molecule has 0 aliphatic carbocycles. The molecule has 0 bridgehead atoms. The Kier molecular flexibility index (Phi) is 22.9. The van der Waals surface area contributed by atoms with E-state index in [2.05, 4.69) is 23.8 Å². The molecule has 0 aliphatic heterocycles. The highest BCUT2D eigenvalue weighted by molar-refractivity contribution is 5.84. The zero-order chi connectivity index (χ0) is 9.86. The second kappa shape index (κ2) is 15.7. The maximum atomic E-state index is 9.47. The van der Waals surface area contributed by atoms with Gasteiger partial charge in [-0.1, -0.05) is 6.58 Å². The Bertz CT molecular complexity index is 131. The lowest BCUT2D eigenvalue weighted by molar-refractivity contribution is -0.113. The third-order valence-electron chi connectivity index (χ3n) is 0.201. The van der Waals surface area contributed by atoms with E-state index >= 15 is 0 Å². The van der Waals surface area contributed by atoms with Crippen LogP contribution in [0.5, 0.6) is 0 Å². The van der Waals surface area contributed by atoms with E-state index in [1.54, 1.807) is 0 Å². The highest BCUT2D eigenvalue weighted by Gasteiger charge is 1.69. The molecule has 0 spiro atoms. The molecule has 11 heavy (non-hydrogen) atoms. The molecule has 0 atom stereocenters. The molecule has 0 unspecified atom stereocenters. The molecule has 6 heteroatoms. The number of hydrogen-bond acceptors (Lipinski definition) is 3. The monoisotopic (exact) mass is 161 g/mol. The van der Waals surface area contributed by atoms with Crippen LogP contribution < -0.4 is 17.2 Å². The quantitative estimate of drug-likeness (QED) is 0.404. The molecule has 0 aromatic heterocycles. The topological polar surface area (TPSA) is 129 Å². The number of carbonyl (C=O) groups excluding carboxylic acids is 3. The van der Waals surface area contributed by atoms with Crippen molar-refractivity contribution in [2.75, 3.05) is 0 Å². The number of nitrogens with two attached hydrogens (primary N) is 3. The van der Waals surface area contributed by atoms with Crippen molar-refractivity contribution in [1.29, 1.82) is 0 Å². The van der Waals surface area contributed by atoms with Crippen LogP contribution >= 0.6 is 0 Å². The van der Waals surface area contributed by atoms with Crippen molar-refractivity contribution in [2.45, 2.75) is 0 Å². The third-order valence-corrected chi connectivity index (χ3v) is 0.201. The van der Waals surface area contributed by atoms with Crippen molar-refractivity contribution in [3.05, 3.63) is 12.7 Å². The van der Waals surface area contributed by atoms with Crippen LogP contribution in [0.2, 0.25) is 0 Å². The average Bonchev–Trinajstić information content (AvgIpc) is 1.91. The minimum absolute atomic E-state index is 0.481. The van der Waals surface area contributed by atoms with Crippen LogP contribution in [-0.4, -0.2) is 18.7 Å². The van der Waals surface area contributed by atoms with Crippen molar-refractivity contribution in [3.8, 4) is 0 Å². The summed E-state index contributed by atoms with van der Waals surface area (Å²) >= 11 is 0. The Labute approximate surface area is 64.0 Å². The van der Waals surface area contributed by atoms with E-state index < -0.39 is 11.9 Å². The number of amides is 3. The second-order valence-electron chi connectivity index (χ2n) is 1.01. The highest BCUT2D eigenvalue weighted by Crippen LogP contribution is 1.48. The Morgan fingerprint density at radius 2 is 1.18 bits per heavy atom. The van der Waals surface area contributed by atoms with Crippen LogP contribution in [0.4, 0.5) is 4.79 Å². The summed E-state index contributed by atoms with van der Waals surface area (Å²) in [5.41, 5.74) is 13.0. The van der Waals surface area contributed by atoms with Crippen molar-refractivity contribution >= 4 is 18.7 Å². The first-order chi connectivity index (χ1) is 5.00. The van der Waals surface area contributed by atoms with Gasteiger partial charge in [-0.2, -0.15) is 0 Å². The number of primary amides is 3. The minimum atomic E-state index is -0.833. The van der Waals surface area contributed by atoms with Gasteiger partial charge in [0.2, 0.25) is 5.91 Å². The maximum absolute atomic E-state index is 9.47.